The number of carbonyl (C=O) groups is 1. The molecule has 0 bridgehead atoms. The number of likely N-dealkylation sites (tertiary alicyclic amines) is 1. The number of aliphatic hydroxyl groups is 1. The van der Waals surface area contributed by atoms with Crippen molar-refractivity contribution in [2.75, 3.05) is 26.2 Å². The monoisotopic (exact) mass is 270 g/mol. The van der Waals surface area contributed by atoms with E-state index in [4.69, 9.17) is 4.74 Å². The Morgan fingerprint density at radius 3 is 2.68 bits per heavy atom. The molecular weight excluding hydrogens is 244 g/mol. The second kappa shape index (κ2) is 6.68. The largest absolute Gasteiger partial charge is 0.461 e. The molecule has 2 saturated heterocycles. The molecule has 19 heavy (non-hydrogen) atoms. The van der Waals surface area contributed by atoms with E-state index in [1.54, 1.807) is 0 Å². The van der Waals surface area contributed by atoms with Crippen LogP contribution in [-0.4, -0.2) is 60.4 Å². The van der Waals surface area contributed by atoms with Crippen LogP contribution in [0.25, 0.3) is 0 Å². The summed E-state index contributed by atoms with van der Waals surface area (Å²) in [6.45, 7) is 7.53. The first kappa shape index (κ1) is 14.8. The zero-order valence-corrected chi connectivity index (χ0v) is 12.0. The summed E-state index contributed by atoms with van der Waals surface area (Å²) in [6, 6.07) is -0.106. The third-order valence-corrected chi connectivity index (χ3v) is 4.05. The highest BCUT2D eigenvalue weighted by Gasteiger charge is 2.32. The first-order valence-electron chi connectivity index (χ1n) is 7.39. The van der Waals surface area contributed by atoms with Crippen molar-refractivity contribution in [2.24, 2.45) is 5.92 Å². The number of β-amino-alcohol motifs (C(OH)–C–C–N with tert-alkyl or cyclic N) is 1. The molecule has 0 radical (unpaired) electrons. The van der Waals surface area contributed by atoms with Crippen LogP contribution in [0.5, 0.6) is 0 Å². The number of carbonyl (C=O) groups excluding carboxylic acids is 1. The number of cyclic esters (lactones) is 1. The van der Waals surface area contributed by atoms with Crippen LogP contribution in [0.2, 0.25) is 0 Å². The maximum Gasteiger partial charge on any atom is 0.323 e. The molecule has 2 N–H and O–H groups in total. The predicted molar refractivity (Wildman–Crippen MR) is 72.8 cm³/mol. The van der Waals surface area contributed by atoms with Gasteiger partial charge in [-0.05, 0) is 52.2 Å². The van der Waals surface area contributed by atoms with E-state index in [2.05, 4.69) is 10.2 Å². The molecule has 2 heterocycles. The fraction of sp³-hybridized carbons (Fsp3) is 0.929. The summed E-state index contributed by atoms with van der Waals surface area (Å²) in [4.78, 5) is 13.8. The van der Waals surface area contributed by atoms with E-state index in [1.807, 2.05) is 13.8 Å². The first-order chi connectivity index (χ1) is 9.04. The van der Waals surface area contributed by atoms with Crippen molar-refractivity contribution in [3.05, 3.63) is 0 Å². The minimum Gasteiger partial charge on any atom is -0.461 e. The number of nitrogens with zero attached hydrogens (tertiary/aromatic N) is 1. The van der Waals surface area contributed by atoms with Crippen molar-refractivity contribution in [1.29, 1.82) is 0 Å². The third kappa shape index (κ3) is 4.44. The molecule has 0 spiro atoms. The topological polar surface area (TPSA) is 61.8 Å². The number of rotatable bonds is 5. The average molecular weight is 270 g/mol. The van der Waals surface area contributed by atoms with Gasteiger partial charge in [0.05, 0.1) is 6.10 Å². The molecule has 2 aliphatic heterocycles. The van der Waals surface area contributed by atoms with Crippen LogP contribution in [0.15, 0.2) is 0 Å². The van der Waals surface area contributed by atoms with Crippen molar-refractivity contribution in [3.63, 3.8) is 0 Å². The fourth-order valence-electron chi connectivity index (χ4n) is 2.98. The van der Waals surface area contributed by atoms with E-state index in [1.165, 1.54) is 0 Å². The number of hydrogen-bond acceptors (Lipinski definition) is 5. The predicted octanol–water partition coefficient (Wildman–Crippen LogP) is 0.373. The van der Waals surface area contributed by atoms with Crippen molar-refractivity contribution < 1.29 is 14.6 Å². The summed E-state index contributed by atoms with van der Waals surface area (Å²) in [7, 11) is 0. The number of aliphatic hydroxyl groups excluding tert-OH is 1. The Balaban J connectivity index is 1.64. The molecule has 2 rings (SSSR count). The van der Waals surface area contributed by atoms with Crippen molar-refractivity contribution in [3.8, 4) is 0 Å². The quantitative estimate of drug-likeness (QED) is 0.707. The standard InChI is InChI=1S/C14H26N2O3/c1-10(17)9-16-5-3-12(4-6-16)8-15-13-7-11(2)19-14(13)18/h10-13,15,17H,3-9H2,1-2H3/t10-,11+,13+/m0/s1. The lowest BCUT2D eigenvalue weighted by atomic mass is 9.96. The van der Waals surface area contributed by atoms with Gasteiger partial charge in [0, 0.05) is 13.0 Å². The minimum absolute atomic E-state index is 0.0536. The number of hydrogen-bond donors (Lipinski definition) is 2. The molecule has 110 valence electrons. The van der Waals surface area contributed by atoms with E-state index < -0.39 is 0 Å². The molecule has 5 nitrogen and oxygen atoms in total. The molecule has 5 heteroatoms. The van der Waals surface area contributed by atoms with Crippen LogP contribution in [0.3, 0.4) is 0 Å². The molecule has 2 fully saturated rings. The first-order valence-corrected chi connectivity index (χ1v) is 7.39. The summed E-state index contributed by atoms with van der Waals surface area (Å²) in [6.07, 6.45) is 2.87. The van der Waals surface area contributed by atoms with Crippen LogP contribution >= 0.6 is 0 Å². The molecule has 0 unspecified atom stereocenters. The second-order valence-electron chi connectivity index (χ2n) is 6.04. The zero-order valence-electron chi connectivity index (χ0n) is 12.0. The van der Waals surface area contributed by atoms with Gasteiger partial charge >= 0.3 is 5.97 Å². The van der Waals surface area contributed by atoms with Crippen molar-refractivity contribution in [1.82, 2.24) is 10.2 Å². The second-order valence-corrected chi connectivity index (χ2v) is 6.04. The Kier molecular flexibility index (Phi) is 5.19. The van der Waals surface area contributed by atoms with Crippen LogP contribution in [0.1, 0.15) is 33.1 Å². The lowest BCUT2D eigenvalue weighted by Crippen LogP contribution is -2.42. The molecule has 0 aromatic carbocycles. The number of esters is 1. The van der Waals surface area contributed by atoms with Crippen LogP contribution < -0.4 is 5.32 Å². The molecule has 0 amide bonds. The van der Waals surface area contributed by atoms with Gasteiger partial charge in [0.25, 0.3) is 0 Å². The molecule has 3 atom stereocenters. The highest BCUT2D eigenvalue weighted by atomic mass is 16.6. The van der Waals surface area contributed by atoms with Gasteiger partial charge < -0.3 is 20.1 Å². The van der Waals surface area contributed by atoms with Gasteiger partial charge in [0.1, 0.15) is 12.1 Å². The maximum atomic E-state index is 11.5. The SMILES string of the molecule is C[C@H](O)CN1CCC(CN[C@@H]2C[C@@H](C)OC2=O)CC1. The Labute approximate surface area is 115 Å². The van der Waals surface area contributed by atoms with E-state index in [-0.39, 0.29) is 24.2 Å². The molecule has 0 aromatic heterocycles. The summed E-state index contributed by atoms with van der Waals surface area (Å²) in [5, 5.41) is 12.7. The average Bonchev–Trinajstić information content (AvgIpc) is 2.66. The van der Waals surface area contributed by atoms with Crippen molar-refractivity contribution in [2.45, 2.75) is 51.4 Å². The van der Waals surface area contributed by atoms with E-state index in [0.29, 0.717) is 5.92 Å². The number of ether oxygens (including phenoxy) is 1. The van der Waals surface area contributed by atoms with Crippen LogP contribution in [0.4, 0.5) is 0 Å². The minimum atomic E-state index is -0.246. The summed E-state index contributed by atoms with van der Waals surface area (Å²) in [5.41, 5.74) is 0. The third-order valence-electron chi connectivity index (χ3n) is 4.05. The smallest absolute Gasteiger partial charge is 0.323 e. The van der Waals surface area contributed by atoms with Gasteiger partial charge in [0.2, 0.25) is 0 Å². The van der Waals surface area contributed by atoms with Gasteiger partial charge in [-0.15, -0.1) is 0 Å². The molecule has 0 aliphatic carbocycles. The molecular formula is C14H26N2O3. The van der Waals surface area contributed by atoms with Crippen LogP contribution in [-0.2, 0) is 9.53 Å². The van der Waals surface area contributed by atoms with Crippen LogP contribution in [0, 0.1) is 5.92 Å². The fourth-order valence-corrected chi connectivity index (χ4v) is 2.98. The Bertz CT molecular complexity index is 301. The van der Waals surface area contributed by atoms with E-state index in [0.717, 1.165) is 45.4 Å². The number of nitrogens with one attached hydrogen (secondary N) is 1. The highest BCUT2D eigenvalue weighted by Crippen LogP contribution is 2.19. The normalized spacial score (nSPS) is 31.4. The molecule has 0 saturated carbocycles. The molecule has 0 aromatic rings. The van der Waals surface area contributed by atoms with E-state index >= 15 is 0 Å². The Hall–Kier alpha value is -0.650. The summed E-state index contributed by atoms with van der Waals surface area (Å²) in [5.74, 6) is 0.535. The highest BCUT2D eigenvalue weighted by molar-refractivity contribution is 5.77. The lowest BCUT2D eigenvalue weighted by molar-refractivity contribution is -0.142. The van der Waals surface area contributed by atoms with Crippen molar-refractivity contribution >= 4 is 5.97 Å². The lowest BCUT2D eigenvalue weighted by Gasteiger charge is -2.33. The number of piperidine rings is 1. The Morgan fingerprint density at radius 1 is 1.47 bits per heavy atom. The zero-order chi connectivity index (χ0) is 13.8. The van der Waals surface area contributed by atoms with Gasteiger partial charge in [-0.1, -0.05) is 0 Å². The van der Waals surface area contributed by atoms with Gasteiger partial charge in [-0.25, -0.2) is 0 Å². The van der Waals surface area contributed by atoms with Gasteiger partial charge in [-0.3, -0.25) is 4.79 Å². The summed E-state index contributed by atoms with van der Waals surface area (Å²) < 4.78 is 5.14. The summed E-state index contributed by atoms with van der Waals surface area (Å²) >= 11 is 0. The van der Waals surface area contributed by atoms with E-state index in [9.17, 15) is 9.90 Å². The van der Waals surface area contributed by atoms with Gasteiger partial charge in [0.15, 0.2) is 0 Å². The molecule has 2 aliphatic rings. The van der Waals surface area contributed by atoms with Gasteiger partial charge in [-0.2, -0.15) is 0 Å². The Morgan fingerprint density at radius 2 is 2.16 bits per heavy atom. The maximum absolute atomic E-state index is 11.5.